The first-order valence-electron chi connectivity index (χ1n) is 13.2. The summed E-state index contributed by atoms with van der Waals surface area (Å²) in [6.07, 6.45) is 5.30. The summed E-state index contributed by atoms with van der Waals surface area (Å²) in [5.41, 5.74) is 1.26. The molecule has 3 fully saturated rings. The molecule has 2 aliphatic heterocycles. The number of benzene rings is 1. The molecule has 0 unspecified atom stereocenters. The van der Waals surface area contributed by atoms with Gasteiger partial charge in [-0.25, -0.2) is 0 Å². The van der Waals surface area contributed by atoms with Crippen molar-refractivity contribution in [1.29, 1.82) is 0 Å². The number of likely N-dealkylation sites (tertiary alicyclic amines) is 1. The van der Waals surface area contributed by atoms with Gasteiger partial charge in [0.15, 0.2) is 0 Å². The number of carbonyl (C=O) groups excluding carboxylic acids is 3. The van der Waals surface area contributed by atoms with Crippen molar-refractivity contribution in [3.05, 3.63) is 29.8 Å². The first-order chi connectivity index (χ1) is 17.0. The lowest BCUT2D eigenvalue weighted by Crippen LogP contribution is -2.55. The van der Waals surface area contributed by atoms with E-state index in [9.17, 15) is 24.3 Å². The lowest BCUT2D eigenvalue weighted by Gasteiger charge is -2.50. The minimum absolute atomic E-state index is 0.186. The maximum Gasteiger partial charge on any atom is 0.306 e. The van der Waals surface area contributed by atoms with Crippen LogP contribution in [0.5, 0.6) is 0 Å². The zero-order chi connectivity index (χ0) is 26.1. The molecule has 1 aromatic carbocycles. The van der Waals surface area contributed by atoms with Crippen LogP contribution in [0, 0.1) is 16.7 Å². The van der Waals surface area contributed by atoms with Gasteiger partial charge in [-0.15, -0.1) is 0 Å². The third kappa shape index (κ3) is 5.27. The highest BCUT2D eigenvalue weighted by molar-refractivity contribution is 6.00. The number of carboxylic acid groups (broad SMARTS) is 1. The van der Waals surface area contributed by atoms with Gasteiger partial charge in [-0.05, 0) is 68.1 Å². The predicted molar refractivity (Wildman–Crippen MR) is 136 cm³/mol. The maximum absolute atomic E-state index is 13.8. The van der Waals surface area contributed by atoms with Crippen LogP contribution in [-0.2, 0) is 19.2 Å². The minimum atomic E-state index is -0.760. The summed E-state index contributed by atoms with van der Waals surface area (Å²) in [5, 5.41) is 15.3. The molecule has 1 atom stereocenters. The molecular formula is C28H39N3O5. The van der Waals surface area contributed by atoms with Gasteiger partial charge in [-0.1, -0.05) is 32.9 Å². The van der Waals surface area contributed by atoms with E-state index in [-0.39, 0.29) is 41.0 Å². The van der Waals surface area contributed by atoms with E-state index in [1.165, 1.54) is 0 Å². The second-order valence-corrected chi connectivity index (χ2v) is 11.8. The Morgan fingerprint density at radius 3 is 2.14 bits per heavy atom. The van der Waals surface area contributed by atoms with E-state index in [4.69, 9.17) is 0 Å². The van der Waals surface area contributed by atoms with Crippen molar-refractivity contribution in [2.75, 3.05) is 18.4 Å². The molecule has 1 aromatic rings. The van der Waals surface area contributed by atoms with Crippen LogP contribution in [0.25, 0.3) is 0 Å². The van der Waals surface area contributed by atoms with Gasteiger partial charge in [0, 0.05) is 31.2 Å². The highest BCUT2D eigenvalue weighted by Crippen LogP contribution is 2.51. The van der Waals surface area contributed by atoms with Gasteiger partial charge >= 0.3 is 5.97 Å². The Bertz CT molecular complexity index is 997. The first kappa shape index (κ1) is 26.2. The SMILES string of the molecule is CC(C)(C)C1(C(=O)N2CCC(C(=O)O)CC2)CCC(Nc2ccc([C@@H]3CCC(=O)NC3=O)cc2)CC1. The fourth-order valence-electron chi connectivity index (χ4n) is 6.23. The number of piperidine rings is 2. The van der Waals surface area contributed by atoms with Crippen LogP contribution in [0.4, 0.5) is 5.69 Å². The molecule has 8 nitrogen and oxygen atoms in total. The Balaban J connectivity index is 1.37. The van der Waals surface area contributed by atoms with E-state index in [1.807, 2.05) is 29.2 Å². The summed E-state index contributed by atoms with van der Waals surface area (Å²) in [5.74, 6) is -1.64. The van der Waals surface area contributed by atoms with E-state index in [2.05, 4.69) is 31.4 Å². The van der Waals surface area contributed by atoms with Gasteiger partial charge in [0.1, 0.15) is 0 Å². The van der Waals surface area contributed by atoms with Crippen LogP contribution in [0.1, 0.15) is 83.6 Å². The van der Waals surface area contributed by atoms with Gasteiger partial charge in [-0.2, -0.15) is 0 Å². The lowest BCUT2D eigenvalue weighted by molar-refractivity contribution is -0.157. The molecule has 0 spiro atoms. The van der Waals surface area contributed by atoms with Crippen molar-refractivity contribution in [1.82, 2.24) is 10.2 Å². The van der Waals surface area contributed by atoms with Crippen molar-refractivity contribution in [3.63, 3.8) is 0 Å². The van der Waals surface area contributed by atoms with Gasteiger partial charge in [-0.3, -0.25) is 24.5 Å². The molecule has 1 saturated carbocycles. The number of imide groups is 1. The maximum atomic E-state index is 13.8. The Hall–Kier alpha value is -2.90. The summed E-state index contributed by atoms with van der Waals surface area (Å²) < 4.78 is 0. The van der Waals surface area contributed by atoms with E-state index in [0.29, 0.717) is 38.8 Å². The van der Waals surface area contributed by atoms with Crippen molar-refractivity contribution >= 4 is 29.4 Å². The highest BCUT2D eigenvalue weighted by atomic mass is 16.4. The Labute approximate surface area is 213 Å². The zero-order valence-electron chi connectivity index (χ0n) is 21.6. The summed E-state index contributed by atoms with van der Waals surface area (Å²) in [4.78, 5) is 50.6. The monoisotopic (exact) mass is 497 g/mol. The zero-order valence-corrected chi connectivity index (χ0v) is 21.6. The summed E-state index contributed by atoms with van der Waals surface area (Å²) in [6.45, 7) is 7.49. The molecule has 1 aliphatic carbocycles. The molecule has 36 heavy (non-hydrogen) atoms. The fraction of sp³-hybridized carbons (Fsp3) is 0.643. The highest BCUT2D eigenvalue weighted by Gasteiger charge is 2.52. The average molecular weight is 498 g/mol. The topological polar surface area (TPSA) is 116 Å². The van der Waals surface area contributed by atoms with Crippen LogP contribution in [0.15, 0.2) is 24.3 Å². The van der Waals surface area contributed by atoms with Crippen LogP contribution in [0.3, 0.4) is 0 Å². The molecular weight excluding hydrogens is 458 g/mol. The Morgan fingerprint density at radius 2 is 1.61 bits per heavy atom. The lowest BCUT2D eigenvalue weighted by atomic mass is 9.57. The van der Waals surface area contributed by atoms with Crippen LogP contribution in [0.2, 0.25) is 0 Å². The molecule has 3 N–H and O–H groups in total. The number of nitrogens with zero attached hydrogens (tertiary/aromatic N) is 1. The number of nitrogens with one attached hydrogen (secondary N) is 2. The summed E-state index contributed by atoms with van der Waals surface area (Å²) in [6, 6.07) is 8.14. The third-order valence-corrected chi connectivity index (χ3v) is 8.74. The van der Waals surface area contributed by atoms with E-state index >= 15 is 0 Å². The number of carboxylic acids is 1. The number of anilines is 1. The number of hydrogen-bond donors (Lipinski definition) is 3. The minimum Gasteiger partial charge on any atom is -0.481 e. The van der Waals surface area contributed by atoms with Crippen molar-refractivity contribution in [3.8, 4) is 0 Å². The molecule has 4 rings (SSSR count). The molecule has 0 radical (unpaired) electrons. The predicted octanol–water partition coefficient (Wildman–Crippen LogP) is 3.92. The number of aliphatic carboxylic acids is 1. The van der Waals surface area contributed by atoms with Crippen molar-refractivity contribution in [2.24, 2.45) is 16.7 Å². The molecule has 0 aromatic heterocycles. The van der Waals surface area contributed by atoms with Crippen molar-refractivity contribution in [2.45, 2.75) is 84.1 Å². The number of amides is 3. The standard InChI is InChI=1S/C28H39N3O5/c1-27(2,3)28(26(36)31-16-12-19(13-17-31)25(34)35)14-10-21(11-15-28)29-20-6-4-18(5-7-20)22-8-9-23(32)30-24(22)33/h4-7,19,21-22,29H,8-17H2,1-3H3,(H,34,35)(H,30,32,33)/t21?,22-,28?/m0/s1. The van der Waals surface area contributed by atoms with Crippen LogP contribution >= 0.6 is 0 Å². The van der Waals surface area contributed by atoms with Crippen LogP contribution in [-0.4, -0.2) is 52.8 Å². The second kappa shape index (κ2) is 10.2. The molecule has 196 valence electrons. The molecule has 0 bridgehead atoms. The average Bonchev–Trinajstić information content (AvgIpc) is 2.84. The van der Waals surface area contributed by atoms with Crippen LogP contribution < -0.4 is 10.6 Å². The Morgan fingerprint density at radius 1 is 1.00 bits per heavy atom. The fourth-order valence-corrected chi connectivity index (χ4v) is 6.23. The van der Waals surface area contributed by atoms with E-state index in [1.54, 1.807) is 0 Å². The van der Waals surface area contributed by atoms with E-state index in [0.717, 1.165) is 36.9 Å². The second-order valence-electron chi connectivity index (χ2n) is 11.8. The van der Waals surface area contributed by atoms with Gasteiger partial charge in [0.25, 0.3) is 0 Å². The number of rotatable bonds is 5. The van der Waals surface area contributed by atoms with Gasteiger partial charge in [0.2, 0.25) is 17.7 Å². The van der Waals surface area contributed by atoms with E-state index < -0.39 is 11.4 Å². The molecule has 2 saturated heterocycles. The van der Waals surface area contributed by atoms with Crippen molar-refractivity contribution < 1.29 is 24.3 Å². The largest absolute Gasteiger partial charge is 0.481 e. The Kier molecular flexibility index (Phi) is 7.43. The number of carbonyl (C=O) groups is 4. The van der Waals surface area contributed by atoms with Gasteiger partial charge < -0.3 is 15.3 Å². The summed E-state index contributed by atoms with van der Waals surface area (Å²) in [7, 11) is 0. The first-order valence-corrected chi connectivity index (χ1v) is 13.2. The quantitative estimate of drug-likeness (QED) is 0.531. The smallest absolute Gasteiger partial charge is 0.306 e. The number of hydrogen-bond acceptors (Lipinski definition) is 5. The summed E-state index contributed by atoms with van der Waals surface area (Å²) >= 11 is 0. The molecule has 3 aliphatic rings. The van der Waals surface area contributed by atoms with Gasteiger partial charge in [0.05, 0.1) is 17.3 Å². The molecule has 2 heterocycles. The normalized spacial score (nSPS) is 27.9. The molecule has 3 amide bonds. The molecule has 8 heteroatoms. The third-order valence-electron chi connectivity index (χ3n) is 8.74.